The standard InChI is InChI=1S/C23H28ClN3O2/c1-16(27(2)18-12-13-18)15-25-22(28)14-21(17-8-4-3-5-9-17)26-23(29)19-10-6-7-11-20(19)24/h3-11,16,18,21H,12-15H2,1-2H3,(H,25,28)(H,26,29). The number of nitrogens with one attached hydrogen (secondary N) is 2. The van der Waals surface area contributed by atoms with Crippen molar-refractivity contribution < 1.29 is 9.59 Å². The molecule has 0 bridgehead atoms. The summed E-state index contributed by atoms with van der Waals surface area (Å²) in [5.41, 5.74) is 1.28. The Labute approximate surface area is 177 Å². The Balaban J connectivity index is 1.63. The van der Waals surface area contributed by atoms with Gasteiger partial charge < -0.3 is 10.6 Å². The van der Waals surface area contributed by atoms with Gasteiger partial charge in [-0.25, -0.2) is 0 Å². The Bertz CT molecular complexity index is 839. The van der Waals surface area contributed by atoms with Crippen LogP contribution in [0.5, 0.6) is 0 Å². The Morgan fingerprint density at radius 2 is 1.76 bits per heavy atom. The lowest BCUT2D eigenvalue weighted by Gasteiger charge is -2.25. The Kier molecular flexibility index (Phi) is 7.29. The normalized spacial score (nSPS) is 15.6. The zero-order valence-electron chi connectivity index (χ0n) is 16.9. The highest BCUT2D eigenvalue weighted by molar-refractivity contribution is 6.33. The van der Waals surface area contributed by atoms with E-state index in [0.29, 0.717) is 23.2 Å². The molecule has 2 atom stereocenters. The highest BCUT2D eigenvalue weighted by atomic mass is 35.5. The SMILES string of the molecule is CC(CNC(=O)CC(NC(=O)c1ccccc1Cl)c1ccccc1)N(C)C1CC1. The van der Waals surface area contributed by atoms with E-state index in [1.807, 2.05) is 30.3 Å². The van der Waals surface area contributed by atoms with Crippen molar-refractivity contribution in [2.75, 3.05) is 13.6 Å². The summed E-state index contributed by atoms with van der Waals surface area (Å²) < 4.78 is 0. The van der Waals surface area contributed by atoms with Gasteiger partial charge in [0, 0.05) is 18.6 Å². The van der Waals surface area contributed by atoms with Crippen molar-refractivity contribution >= 4 is 23.4 Å². The highest BCUT2D eigenvalue weighted by Gasteiger charge is 2.29. The van der Waals surface area contributed by atoms with Crippen LogP contribution < -0.4 is 10.6 Å². The third kappa shape index (κ3) is 6.05. The number of benzene rings is 2. The molecule has 29 heavy (non-hydrogen) atoms. The molecule has 2 amide bonds. The van der Waals surface area contributed by atoms with Crippen LogP contribution in [-0.2, 0) is 4.79 Å². The van der Waals surface area contributed by atoms with Gasteiger partial charge in [0.05, 0.1) is 23.0 Å². The van der Waals surface area contributed by atoms with Gasteiger partial charge in [-0.05, 0) is 44.5 Å². The molecular weight excluding hydrogens is 386 g/mol. The van der Waals surface area contributed by atoms with Gasteiger partial charge in [0.2, 0.25) is 5.91 Å². The quantitative estimate of drug-likeness (QED) is 0.657. The van der Waals surface area contributed by atoms with Crippen LogP contribution in [0.1, 0.15) is 48.1 Å². The minimum atomic E-state index is -0.434. The molecule has 1 aliphatic rings. The third-order valence-corrected chi connectivity index (χ3v) is 5.76. The second-order valence-electron chi connectivity index (χ2n) is 7.67. The van der Waals surface area contributed by atoms with Crippen molar-refractivity contribution in [3.63, 3.8) is 0 Å². The molecule has 0 spiro atoms. The average Bonchev–Trinajstić information content (AvgIpc) is 3.57. The fourth-order valence-corrected chi connectivity index (χ4v) is 3.55. The average molecular weight is 414 g/mol. The number of halogens is 1. The zero-order chi connectivity index (χ0) is 20.8. The molecule has 2 aromatic rings. The first-order valence-electron chi connectivity index (χ1n) is 10.0. The van der Waals surface area contributed by atoms with Crippen LogP contribution in [-0.4, -0.2) is 42.4 Å². The lowest BCUT2D eigenvalue weighted by Crippen LogP contribution is -2.42. The second-order valence-corrected chi connectivity index (χ2v) is 8.08. The van der Waals surface area contributed by atoms with Gasteiger partial charge in [-0.15, -0.1) is 0 Å². The van der Waals surface area contributed by atoms with Crippen molar-refractivity contribution in [2.45, 2.75) is 44.3 Å². The number of hydrogen-bond acceptors (Lipinski definition) is 3. The number of likely N-dealkylation sites (N-methyl/N-ethyl adjacent to an activating group) is 1. The fourth-order valence-electron chi connectivity index (χ4n) is 3.32. The van der Waals surface area contributed by atoms with Crippen LogP contribution in [0.3, 0.4) is 0 Å². The molecule has 0 aromatic heterocycles. The molecule has 0 saturated heterocycles. The zero-order valence-corrected chi connectivity index (χ0v) is 17.7. The first-order chi connectivity index (χ1) is 14.0. The third-order valence-electron chi connectivity index (χ3n) is 5.43. The lowest BCUT2D eigenvalue weighted by atomic mass is 10.0. The topological polar surface area (TPSA) is 61.4 Å². The molecule has 1 saturated carbocycles. The first-order valence-corrected chi connectivity index (χ1v) is 10.4. The maximum Gasteiger partial charge on any atom is 0.253 e. The van der Waals surface area contributed by atoms with E-state index in [9.17, 15) is 9.59 Å². The summed E-state index contributed by atoms with van der Waals surface area (Å²) in [6.07, 6.45) is 2.64. The van der Waals surface area contributed by atoms with E-state index in [-0.39, 0.29) is 24.3 Å². The molecule has 2 aromatic carbocycles. The molecule has 2 unspecified atom stereocenters. The minimum Gasteiger partial charge on any atom is -0.354 e. The summed E-state index contributed by atoms with van der Waals surface area (Å²) >= 11 is 6.15. The number of rotatable bonds is 9. The molecule has 2 N–H and O–H groups in total. The highest BCUT2D eigenvalue weighted by Crippen LogP contribution is 2.26. The van der Waals surface area contributed by atoms with E-state index >= 15 is 0 Å². The summed E-state index contributed by atoms with van der Waals surface area (Å²) in [5, 5.41) is 6.37. The van der Waals surface area contributed by atoms with Crippen molar-refractivity contribution in [1.82, 2.24) is 15.5 Å². The maximum absolute atomic E-state index is 12.7. The van der Waals surface area contributed by atoms with E-state index in [4.69, 9.17) is 11.6 Å². The van der Waals surface area contributed by atoms with E-state index in [1.54, 1.807) is 24.3 Å². The molecule has 6 heteroatoms. The number of amides is 2. The minimum absolute atomic E-state index is 0.0886. The van der Waals surface area contributed by atoms with E-state index < -0.39 is 6.04 Å². The Morgan fingerprint density at radius 1 is 1.10 bits per heavy atom. The predicted octanol–water partition coefficient (Wildman–Crippen LogP) is 3.80. The van der Waals surface area contributed by atoms with Gasteiger partial charge in [0.25, 0.3) is 5.91 Å². The Hall–Kier alpha value is -2.37. The van der Waals surface area contributed by atoms with E-state index in [0.717, 1.165) is 5.56 Å². The number of carbonyl (C=O) groups excluding carboxylic acids is 2. The largest absolute Gasteiger partial charge is 0.354 e. The van der Waals surface area contributed by atoms with E-state index in [2.05, 4.69) is 29.5 Å². The molecule has 0 radical (unpaired) electrons. The number of hydrogen-bond donors (Lipinski definition) is 2. The summed E-state index contributed by atoms with van der Waals surface area (Å²) in [7, 11) is 2.10. The first kappa shape index (κ1) is 21.3. The monoisotopic (exact) mass is 413 g/mol. The Morgan fingerprint density at radius 3 is 2.41 bits per heavy atom. The molecule has 5 nitrogen and oxygen atoms in total. The molecule has 3 rings (SSSR count). The van der Waals surface area contributed by atoms with Crippen molar-refractivity contribution in [2.24, 2.45) is 0 Å². The van der Waals surface area contributed by atoms with Crippen LogP contribution in [0.4, 0.5) is 0 Å². The van der Waals surface area contributed by atoms with Crippen molar-refractivity contribution in [1.29, 1.82) is 0 Å². The molecular formula is C23H28ClN3O2. The van der Waals surface area contributed by atoms with Crippen LogP contribution in [0.25, 0.3) is 0 Å². The predicted molar refractivity (Wildman–Crippen MR) is 116 cm³/mol. The van der Waals surface area contributed by atoms with Gasteiger partial charge in [-0.2, -0.15) is 0 Å². The summed E-state index contributed by atoms with van der Waals surface area (Å²) in [6, 6.07) is 16.9. The van der Waals surface area contributed by atoms with Crippen LogP contribution >= 0.6 is 11.6 Å². The lowest BCUT2D eigenvalue weighted by molar-refractivity contribution is -0.121. The van der Waals surface area contributed by atoms with Crippen molar-refractivity contribution in [3.8, 4) is 0 Å². The second kappa shape index (κ2) is 9.90. The van der Waals surface area contributed by atoms with Gasteiger partial charge in [-0.3, -0.25) is 14.5 Å². The number of nitrogens with zero attached hydrogens (tertiary/aromatic N) is 1. The van der Waals surface area contributed by atoms with Gasteiger partial charge in [0.1, 0.15) is 0 Å². The molecule has 1 fully saturated rings. The van der Waals surface area contributed by atoms with E-state index in [1.165, 1.54) is 12.8 Å². The van der Waals surface area contributed by atoms with Crippen LogP contribution in [0.15, 0.2) is 54.6 Å². The van der Waals surface area contributed by atoms with Gasteiger partial charge in [-0.1, -0.05) is 54.1 Å². The van der Waals surface area contributed by atoms with Crippen LogP contribution in [0, 0.1) is 0 Å². The molecule has 154 valence electrons. The molecule has 0 heterocycles. The van der Waals surface area contributed by atoms with Gasteiger partial charge in [0.15, 0.2) is 0 Å². The smallest absolute Gasteiger partial charge is 0.253 e. The summed E-state index contributed by atoms with van der Waals surface area (Å²) in [4.78, 5) is 27.7. The van der Waals surface area contributed by atoms with Crippen LogP contribution in [0.2, 0.25) is 5.02 Å². The number of carbonyl (C=O) groups is 2. The molecule has 0 aliphatic heterocycles. The van der Waals surface area contributed by atoms with Crippen molar-refractivity contribution in [3.05, 3.63) is 70.7 Å². The fraction of sp³-hybridized carbons (Fsp3) is 0.391. The maximum atomic E-state index is 12.7. The molecule has 1 aliphatic carbocycles. The summed E-state index contributed by atoms with van der Waals surface area (Å²) in [5.74, 6) is -0.381. The summed E-state index contributed by atoms with van der Waals surface area (Å²) in [6.45, 7) is 2.71. The van der Waals surface area contributed by atoms with Gasteiger partial charge >= 0.3 is 0 Å².